The van der Waals surface area contributed by atoms with E-state index in [0.29, 0.717) is 0 Å². The number of carbonyl (C=O) groups excluding carboxylic acids is 1. The molecule has 1 rings (SSSR count). The van der Waals surface area contributed by atoms with Crippen LogP contribution in [-0.2, 0) is 4.79 Å². The normalized spacial score (nSPS) is 34.5. The predicted octanol–water partition coefficient (Wildman–Crippen LogP) is -1.14. The van der Waals surface area contributed by atoms with Crippen molar-refractivity contribution in [1.29, 1.82) is 0 Å². The van der Waals surface area contributed by atoms with Gasteiger partial charge in [0.1, 0.15) is 6.10 Å². The number of aliphatic hydroxyl groups is 3. The number of amides is 1. The molecule has 0 radical (unpaired) electrons. The lowest BCUT2D eigenvalue weighted by atomic mass is 10.0. The molecule has 1 amide bonds. The highest BCUT2D eigenvalue weighted by atomic mass is 32.2. The third-order valence-corrected chi connectivity index (χ3v) is 3.79. The highest BCUT2D eigenvalue weighted by molar-refractivity contribution is 8.00. The summed E-state index contributed by atoms with van der Waals surface area (Å²) in [6.45, 7) is -0.400. The minimum absolute atomic E-state index is 0.00866. The van der Waals surface area contributed by atoms with E-state index >= 15 is 0 Å². The van der Waals surface area contributed by atoms with Crippen LogP contribution in [0.4, 0.5) is 13.2 Å². The second kappa shape index (κ2) is 5.42. The van der Waals surface area contributed by atoms with Gasteiger partial charge < -0.3 is 20.6 Å². The van der Waals surface area contributed by atoms with Gasteiger partial charge in [0.15, 0.2) is 0 Å². The average Bonchev–Trinajstić information content (AvgIpc) is 2.23. The van der Waals surface area contributed by atoms with Gasteiger partial charge in [0.25, 0.3) is 0 Å². The Kier molecular flexibility index (Phi) is 4.64. The Morgan fingerprint density at radius 3 is 2.41 bits per heavy atom. The maximum Gasteiger partial charge on any atom is 0.471 e. The lowest BCUT2D eigenvalue weighted by molar-refractivity contribution is -0.175. The number of aliphatic hydroxyl groups excluding tert-OH is 3. The summed E-state index contributed by atoms with van der Waals surface area (Å²) in [5, 5.41) is 28.7. The van der Waals surface area contributed by atoms with Crippen LogP contribution < -0.4 is 5.32 Å². The molecule has 1 aliphatic heterocycles. The van der Waals surface area contributed by atoms with Gasteiger partial charge in [-0.05, 0) is 0 Å². The summed E-state index contributed by atoms with van der Waals surface area (Å²) in [7, 11) is 0. The molecule has 0 spiro atoms. The van der Waals surface area contributed by atoms with Gasteiger partial charge in [-0.25, -0.2) is 0 Å². The number of rotatable bonds is 2. The van der Waals surface area contributed by atoms with E-state index in [1.54, 1.807) is 5.32 Å². The molecule has 1 heterocycles. The zero-order valence-corrected chi connectivity index (χ0v) is 9.33. The van der Waals surface area contributed by atoms with Crippen molar-refractivity contribution in [3.8, 4) is 0 Å². The highest BCUT2D eigenvalue weighted by Gasteiger charge is 2.44. The molecule has 0 aromatic carbocycles. The Hall–Kier alpha value is -0.510. The van der Waals surface area contributed by atoms with Crippen molar-refractivity contribution in [2.24, 2.45) is 0 Å². The largest absolute Gasteiger partial charge is 0.471 e. The molecule has 0 aromatic heterocycles. The maximum absolute atomic E-state index is 12.0. The molecular formula is C8H12F3NO4S. The van der Waals surface area contributed by atoms with E-state index < -0.39 is 42.2 Å². The molecule has 1 fully saturated rings. The smallest absolute Gasteiger partial charge is 0.395 e. The molecule has 0 saturated carbocycles. The van der Waals surface area contributed by atoms with Crippen LogP contribution in [-0.4, -0.2) is 63.3 Å². The SMILES string of the molecule is O=C(NC1CSC(CO)[C@@H](O)C1O)C(F)(F)F. The second-order valence-corrected chi connectivity index (χ2v) is 4.89. The second-order valence-electron chi connectivity index (χ2n) is 3.61. The molecule has 3 unspecified atom stereocenters. The van der Waals surface area contributed by atoms with E-state index in [9.17, 15) is 28.2 Å². The van der Waals surface area contributed by atoms with E-state index in [2.05, 4.69) is 0 Å². The first-order chi connectivity index (χ1) is 7.77. The summed E-state index contributed by atoms with van der Waals surface area (Å²) >= 11 is 0.994. The molecule has 1 saturated heterocycles. The van der Waals surface area contributed by atoms with Gasteiger partial charge in [0, 0.05) is 5.75 Å². The predicted molar refractivity (Wildman–Crippen MR) is 53.3 cm³/mol. The summed E-state index contributed by atoms with van der Waals surface area (Å²) < 4.78 is 35.9. The van der Waals surface area contributed by atoms with Crippen molar-refractivity contribution >= 4 is 17.7 Å². The molecule has 0 aliphatic carbocycles. The maximum atomic E-state index is 12.0. The fraction of sp³-hybridized carbons (Fsp3) is 0.875. The minimum Gasteiger partial charge on any atom is -0.395 e. The quantitative estimate of drug-likeness (QED) is 0.512. The van der Waals surface area contributed by atoms with Gasteiger partial charge in [0.05, 0.1) is 24.0 Å². The number of hydrogen-bond acceptors (Lipinski definition) is 5. The Morgan fingerprint density at radius 2 is 1.94 bits per heavy atom. The highest BCUT2D eigenvalue weighted by Crippen LogP contribution is 2.27. The third kappa shape index (κ3) is 3.47. The van der Waals surface area contributed by atoms with Gasteiger partial charge >= 0.3 is 12.1 Å². The lowest BCUT2D eigenvalue weighted by Gasteiger charge is -2.36. The summed E-state index contributed by atoms with van der Waals surface area (Å²) in [6, 6.07) is -1.19. The number of alkyl halides is 3. The first-order valence-electron chi connectivity index (χ1n) is 4.73. The Balaban J connectivity index is 2.60. The number of carbonyl (C=O) groups is 1. The topological polar surface area (TPSA) is 89.8 Å². The van der Waals surface area contributed by atoms with Crippen LogP contribution >= 0.6 is 11.8 Å². The van der Waals surface area contributed by atoms with Crippen molar-refractivity contribution in [3.05, 3.63) is 0 Å². The van der Waals surface area contributed by atoms with Gasteiger partial charge in [-0.1, -0.05) is 0 Å². The molecule has 4 atom stereocenters. The summed E-state index contributed by atoms with van der Waals surface area (Å²) in [5.74, 6) is -2.16. The van der Waals surface area contributed by atoms with Gasteiger partial charge in [-0.3, -0.25) is 4.79 Å². The van der Waals surface area contributed by atoms with E-state index in [4.69, 9.17) is 5.11 Å². The van der Waals surface area contributed by atoms with E-state index in [-0.39, 0.29) is 5.75 Å². The van der Waals surface area contributed by atoms with Gasteiger partial charge in [-0.2, -0.15) is 24.9 Å². The first-order valence-corrected chi connectivity index (χ1v) is 5.78. The molecule has 9 heteroatoms. The van der Waals surface area contributed by atoms with E-state index in [1.165, 1.54) is 0 Å². The summed E-state index contributed by atoms with van der Waals surface area (Å²) in [6.07, 6.45) is -7.93. The van der Waals surface area contributed by atoms with Gasteiger partial charge in [0.2, 0.25) is 0 Å². The molecular weight excluding hydrogens is 263 g/mol. The minimum atomic E-state index is -5.02. The van der Waals surface area contributed by atoms with Gasteiger partial charge in [-0.15, -0.1) is 0 Å². The van der Waals surface area contributed by atoms with Crippen LogP contribution in [0.3, 0.4) is 0 Å². The van der Waals surface area contributed by atoms with E-state index in [1.807, 2.05) is 0 Å². The Bertz CT molecular complexity index is 288. The zero-order chi connectivity index (χ0) is 13.2. The molecule has 17 heavy (non-hydrogen) atoms. The molecule has 4 N–H and O–H groups in total. The summed E-state index contributed by atoms with van der Waals surface area (Å²) in [5.41, 5.74) is 0. The van der Waals surface area contributed by atoms with Crippen molar-refractivity contribution in [3.63, 3.8) is 0 Å². The molecule has 5 nitrogen and oxygen atoms in total. The Labute approximate surface area is 99.0 Å². The van der Waals surface area contributed by atoms with Crippen LogP contribution in [0.1, 0.15) is 0 Å². The van der Waals surface area contributed by atoms with Crippen molar-refractivity contribution in [1.82, 2.24) is 5.32 Å². The number of halogens is 3. The van der Waals surface area contributed by atoms with Crippen LogP contribution in [0.5, 0.6) is 0 Å². The van der Waals surface area contributed by atoms with Crippen LogP contribution in [0.25, 0.3) is 0 Å². The molecule has 1 aliphatic rings. The summed E-state index contributed by atoms with van der Waals surface area (Å²) in [4.78, 5) is 10.6. The fourth-order valence-electron chi connectivity index (χ4n) is 1.42. The van der Waals surface area contributed by atoms with Crippen LogP contribution in [0.2, 0.25) is 0 Å². The fourth-order valence-corrected chi connectivity index (χ4v) is 2.62. The number of thioether (sulfide) groups is 1. The van der Waals surface area contributed by atoms with Crippen molar-refractivity contribution in [2.45, 2.75) is 29.7 Å². The van der Waals surface area contributed by atoms with Crippen LogP contribution in [0.15, 0.2) is 0 Å². The van der Waals surface area contributed by atoms with Crippen LogP contribution in [0, 0.1) is 0 Å². The number of hydrogen-bond donors (Lipinski definition) is 4. The zero-order valence-electron chi connectivity index (χ0n) is 8.52. The first kappa shape index (κ1) is 14.6. The van der Waals surface area contributed by atoms with E-state index in [0.717, 1.165) is 11.8 Å². The lowest BCUT2D eigenvalue weighted by Crippen LogP contribution is -2.58. The average molecular weight is 275 g/mol. The molecule has 0 aromatic rings. The molecule has 0 bridgehead atoms. The third-order valence-electron chi connectivity index (χ3n) is 2.39. The monoisotopic (exact) mass is 275 g/mol. The standard InChI is InChI=1S/C8H12F3NO4S/c9-8(10,11)7(16)12-3-2-17-4(1-13)6(15)5(3)14/h3-6,13-15H,1-2H2,(H,12,16)/t3?,4?,5?,6-/m1/s1. The van der Waals surface area contributed by atoms with Crippen molar-refractivity contribution < 1.29 is 33.3 Å². The molecule has 100 valence electrons. The number of nitrogens with one attached hydrogen (secondary N) is 1. The van der Waals surface area contributed by atoms with Crippen molar-refractivity contribution in [2.75, 3.05) is 12.4 Å². The Morgan fingerprint density at radius 1 is 1.35 bits per heavy atom.